The lowest BCUT2D eigenvalue weighted by molar-refractivity contribution is 0.102. The lowest BCUT2D eigenvalue weighted by atomic mass is 10.1. The summed E-state index contributed by atoms with van der Waals surface area (Å²) in [6, 6.07) is 12.5. The Labute approximate surface area is 124 Å². The number of carbonyl (C=O) groups is 2. The van der Waals surface area contributed by atoms with Gasteiger partial charge >= 0.3 is 0 Å². The van der Waals surface area contributed by atoms with E-state index in [1.165, 1.54) is 0 Å². The highest BCUT2D eigenvalue weighted by molar-refractivity contribution is 6.05. The first-order valence-electron chi connectivity index (χ1n) is 6.65. The third-order valence-electron chi connectivity index (χ3n) is 3.12. The van der Waals surface area contributed by atoms with Crippen molar-refractivity contribution in [2.75, 3.05) is 24.3 Å². The summed E-state index contributed by atoms with van der Waals surface area (Å²) in [5.74, 6) is -0.190. The molecule has 0 aliphatic heterocycles. The molecule has 0 unspecified atom stereocenters. The van der Waals surface area contributed by atoms with Crippen molar-refractivity contribution in [3.05, 3.63) is 59.2 Å². The SMILES string of the molecule is Cc1cc(C(=O)Nc2cccc(C=O)c2)cc(N(C)C)c1. The van der Waals surface area contributed by atoms with Crippen LogP contribution in [0.2, 0.25) is 0 Å². The van der Waals surface area contributed by atoms with E-state index in [0.717, 1.165) is 17.5 Å². The van der Waals surface area contributed by atoms with Crippen molar-refractivity contribution < 1.29 is 9.59 Å². The van der Waals surface area contributed by atoms with Crippen LogP contribution in [0.25, 0.3) is 0 Å². The number of nitrogens with one attached hydrogen (secondary N) is 1. The first-order valence-corrected chi connectivity index (χ1v) is 6.65. The number of benzene rings is 2. The number of carbonyl (C=O) groups excluding carboxylic acids is 2. The lowest BCUT2D eigenvalue weighted by Crippen LogP contribution is -2.14. The van der Waals surface area contributed by atoms with Crippen LogP contribution < -0.4 is 10.2 Å². The molecule has 0 atom stereocenters. The van der Waals surface area contributed by atoms with Crippen molar-refractivity contribution in [2.45, 2.75) is 6.92 Å². The highest BCUT2D eigenvalue weighted by Gasteiger charge is 2.09. The van der Waals surface area contributed by atoms with Crippen molar-refractivity contribution in [3.63, 3.8) is 0 Å². The number of aryl methyl sites for hydroxylation is 1. The van der Waals surface area contributed by atoms with Crippen molar-refractivity contribution in [2.24, 2.45) is 0 Å². The van der Waals surface area contributed by atoms with Crippen LogP contribution in [0.3, 0.4) is 0 Å². The van der Waals surface area contributed by atoms with Crippen molar-refractivity contribution >= 4 is 23.6 Å². The molecule has 0 saturated heterocycles. The molecule has 21 heavy (non-hydrogen) atoms. The van der Waals surface area contributed by atoms with E-state index in [2.05, 4.69) is 5.32 Å². The predicted molar refractivity (Wildman–Crippen MR) is 85.3 cm³/mol. The monoisotopic (exact) mass is 282 g/mol. The van der Waals surface area contributed by atoms with Gasteiger partial charge in [-0.1, -0.05) is 12.1 Å². The Morgan fingerprint density at radius 1 is 1.14 bits per heavy atom. The van der Waals surface area contributed by atoms with E-state index in [1.807, 2.05) is 44.1 Å². The molecular weight excluding hydrogens is 264 g/mol. The van der Waals surface area contributed by atoms with Gasteiger partial charge in [0.15, 0.2) is 0 Å². The second kappa shape index (κ2) is 6.22. The molecule has 2 rings (SSSR count). The third-order valence-corrected chi connectivity index (χ3v) is 3.12. The van der Waals surface area contributed by atoms with Crippen LogP contribution in [-0.4, -0.2) is 26.3 Å². The van der Waals surface area contributed by atoms with E-state index in [1.54, 1.807) is 24.3 Å². The highest BCUT2D eigenvalue weighted by Crippen LogP contribution is 2.18. The summed E-state index contributed by atoms with van der Waals surface area (Å²) >= 11 is 0. The molecule has 0 aliphatic rings. The van der Waals surface area contributed by atoms with Crippen LogP contribution >= 0.6 is 0 Å². The number of amides is 1. The van der Waals surface area contributed by atoms with Gasteiger partial charge in [0.2, 0.25) is 0 Å². The first kappa shape index (κ1) is 14.8. The zero-order valence-corrected chi connectivity index (χ0v) is 12.4. The topological polar surface area (TPSA) is 49.4 Å². The molecule has 2 aromatic carbocycles. The maximum atomic E-state index is 12.3. The first-order chi connectivity index (χ1) is 9.99. The van der Waals surface area contributed by atoms with Gasteiger partial charge in [-0.05, 0) is 42.8 Å². The molecule has 0 bridgehead atoms. The van der Waals surface area contributed by atoms with Gasteiger partial charge < -0.3 is 10.2 Å². The maximum absolute atomic E-state index is 12.3. The molecule has 4 heteroatoms. The molecule has 2 aromatic rings. The van der Waals surface area contributed by atoms with Gasteiger partial charge in [-0.2, -0.15) is 0 Å². The van der Waals surface area contributed by atoms with Gasteiger partial charge in [-0.15, -0.1) is 0 Å². The molecule has 0 spiro atoms. The number of anilines is 2. The molecule has 0 radical (unpaired) electrons. The Bertz CT molecular complexity index is 678. The fourth-order valence-corrected chi connectivity index (χ4v) is 2.05. The van der Waals surface area contributed by atoms with Crippen LogP contribution in [0.1, 0.15) is 26.3 Å². The number of hydrogen-bond donors (Lipinski definition) is 1. The summed E-state index contributed by atoms with van der Waals surface area (Å²) in [5, 5.41) is 2.81. The van der Waals surface area contributed by atoms with Crippen LogP contribution in [0, 0.1) is 6.92 Å². The van der Waals surface area contributed by atoms with E-state index in [-0.39, 0.29) is 5.91 Å². The molecule has 1 amide bonds. The smallest absolute Gasteiger partial charge is 0.255 e. The number of nitrogens with zero attached hydrogens (tertiary/aromatic N) is 1. The van der Waals surface area contributed by atoms with Gasteiger partial charge in [0.05, 0.1) is 0 Å². The van der Waals surface area contributed by atoms with E-state index >= 15 is 0 Å². The Balaban J connectivity index is 2.25. The van der Waals surface area contributed by atoms with E-state index in [4.69, 9.17) is 0 Å². The minimum atomic E-state index is -0.190. The van der Waals surface area contributed by atoms with E-state index in [0.29, 0.717) is 16.8 Å². The normalized spacial score (nSPS) is 10.0. The highest BCUT2D eigenvalue weighted by atomic mass is 16.1. The molecule has 0 heterocycles. The molecule has 0 fully saturated rings. The predicted octanol–water partition coefficient (Wildman–Crippen LogP) is 3.13. The third kappa shape index (κ3) is 3.69. The zero-order valence-electron chi connectivity index (χ0n) is 12.4. The Kier molecular flexibility index (Phi) is 4.38. The van der Waals surface area contributed by atoms with Crippen molar-refractivity contribution in [3.8, 4) is 0 Å². The largest absolute Gasteiger partial charge is 0.378 e. The summed E-state index contributed by atoms with van der Waals surface area (Å²) < 4.78 is 0. The zero-order chi connectivity index (χ0) is 15.4. The van der Waals surface area contributed by atoms with Gasteiger partial charge in [-0.3, -0.25) is 9.59 Å². The number of hydrogen-bond acceptors (Lipinski definition) is 3. The number of aldehydes is 1. The second-order valence-corrected chi connectivity index (χ2v) is 5.15. The Morgan fingerprint density at radius 3 is 2.57 bits per heavy atom. The minimum absolute atomic E-state index is 0.190. The average molecular weight is 282 g/mol. The summed E-state index contributed by atoms with van der Waals surface area (Å²) in [6.45, 7) is 1.96. The van der Waals surface area contributed by atoms with Gasteiger partial charge in [0.1, 0.15) is 6.29 Å². The average Bonchev–Trinajstić information content (AvgIpc) is 2.46. The van der Waals surface area contributed by atoms with E-state index < -0.39 is 0 Å². The summed E-state index contributed by atoms with van der Waals surface area (Å²) in [4.78, 5) is 25.0. The molecule has 1 N–H and O–H groups in total. The fraction of sp³-hybridized carbons (Fsp3) is 0.176. The molecule has 0 saturated carbocycles. The van der Waals surface area contributed by atoms with E-state index in [9.17, 15) is 9.59 Å². The Hall–Kier alpha value is -2.62. The quantitative estimate of drug-likeness (QED) is 0.876. The summed E-state index contributed by atoms with van der Waals surface area (Å²) in [6.07, 6.45) is 0.756. The van der Waals surface area contributed by atoms with Gasteiger partial charge in [-0.25, -0.2) is 0 Å². The van der Waals surface area contributed by atoms with Crippen LogP contribution in [0.15, 0.2) is 42.5 Å². The molecule has 0 aromatic heterocycles. The van der Waals surface area contributed by atoms with Crippen LogP contribution in [-0.2, 0) is 0 Å². The lowest BCUT2D eigenvalue weighted by Gasteiger charge is -2.15. The second-order valence-electron chi connectivity index (χ2n) is 5.15. The maximum Gasteiger partial charge on any atom is 0.255 e. The van der Waals surface area contributed by atoms with Gasteiger partial charge in [0.25, 0.3) is 5.91 Å². The van der Waals surface area contributed by atoms with Crippen molar-refractivity contribution in [1.29, 1.82) is 0 Å². The fourth-order valence-electron chi connectivity index (χ4n) is 2.05. The molecule has 4 nitrogen and oxygen atoms in total. The number of rotatable bonds is 4. The molecule has 108 valence electrons. The Morgan fingerprint density at radius 2 is 1.90 bits per heavy atom. The summed E-state index contributed by atoms with van der Waals surface area (Å²) in [7, 11) is 3.87. The molecular formula is C17H18N2O2. The van der Waals surface area contributed by atoms with Crippen LogP contribution in [0.4, 0.5) is 11.4 Å². The van der Waals surface area contributed by atoms with Crippen molar-refractivity contribution in [1.82, 2.24) is 0 Å². The summed E-state index contributed by atoms with van der Waals surface area (Å²) in [5.41, 5.74) is 3.73. The minimum Gasteiger partial charge on any atom is -0.378 e. The standard InChI is InChI=1S/C17H18N2O2/c1-12-7-14(10-16(8-12)19(2)3)17(21)18-15-6-4-5-13(9-15)11-20/h4-11H,1-3H3,(H,18,21). The molecule has 0 aliphatic carbocycles. The van der Waals surface area contributed by atoms with Gasteiger partial charge in [0, 0.05) is 36.6 Å². The van der Waals surface area contributed by atoms with Crippen LogP contribution in [0.5, 0.6) is 0 Å².